The van der Waals surface area contributed by atoms with E-state index < -0.39 is 0 Å². The minimum absolute atomic E-state index is 0.155. The predicted molar refractivity (Wildman–Crippen MR) is 87.0 cm³/mol. The molecule has 0 radical (unpaired) electrons. The number of nitrogens with zero attached hydrogens (tertiary/aromatic N) is 3. The van der Waals surface area contributed by atoms with Crippen molar-refractivity contribution in [3.8, 4) is 17.2 Å². The van der Waals surface area contributed by atoms with E-state index in [-0.39, 0.29) is 5.91 Å². The van der Waals surface area contributed by atoms with Crippen LogP contribution in [0.2, 0.25) is 5.02 Å². The summed E-state index contributed by atoms with van der Waals surface area (Å²) in [6, 6.07) is 9.01. The van der Waals surface area contributed by atoms with Gasteiger partial charge in [-0.15, -0.1) is 0 Å². The van der Waals surface area contributed by atoms with Crippen molar-refractivity contribution in [3.63, 3.8) is 0 Å². The van der Waals surface area contributed by atoms with Gasteiger partial charge in [-0.25, -0.2) is 4.98 Å². The molecule has 0 unspecified atom stereocenters. The van der Waals surface area contributed by atoms with Gasteiger partial charge in [0.1, 0.15) is 11.9 Å². The number of nitrogens with one attached hydrogen (secondary N) is 1. The molecule has 0 atom stereocenters. The van der Waals surface area contributed by atoms with Gasteiger partial charge in [-0.3, -0.25) is 4.79 Å². The zero-order chi connectivity index (χ0) is 16.3. The number of benzene rings is 1. The first-order valence-corrected chi connectivity index (χ1v) is 6.95. The lowest BCUT2D eigenvalue weighted by molar-refractivity contribution is 0.0828. The topological polar surface area (TPSA) is 69.0 Å². The van der Waals surface area contributed by atoms with Gasteiger partial charge in [-0.2, -0.15) is 5.26 Å². The fraction of sp³-hybridized carbons (Fsp3) is 0.188. The van der Waals surface area contributed by atoms with Crippen molar-refractivity contribution < 1.29 is 4.79 Å². The number of rotatable bonds is 3. The van der Waals surface area contributed by atoms with Gasteiger partial charge in [0.05, 0.1) is 16.1 Å². The van der Waals surface area contributed by atoms with E-state index in [1.807, 2.05) is 0 Å². The van der Waals surface area contributed by atoms with Crippen LogP contribution in [0.25, 0.3) is 11.1 Å². The Morgan fingerprint density at radius 2 is 2.05 bits per heavy atom. The van der Waals surface area contributed by atoms with Crippen LogP contribution in [0.4, 0.5) is 5.82 Å². The summed E-state index contributed by atoms with van der Waals surface area (Å²) in [6.07, 6.45) is 1.66. The van der Waals surface area contributed by atoms with Crippen LogP contribution in [0.3, 0.4) is 0 Å². The highest BCUT2D eigenvalue weighted by atomic mass is 35.5. The van der Waals surface area contributed by atoms with Gasteiger partial charge < -0.3 is 10.2 Å². The zero-order valence-electron chi connectivity index (χ0n) is 12.5. The molecule has 112 valence electrons. The number of aromatic nitrogens is 1. The Hall–Kier alpha value is -2.58. The fourth-order valence-corrected chi connectivity index (χ4v) is 2.28. The first kappa shape index (κ1) is 15.8. The second-order valence-electron chi connectivity index (χ2n) is 4.88. The lowest BCUT2D eigenvalue weighted by Gasteiger charge is -2.12. The molecule has 0 aliphatic carbocycles. The summed E-state index contributed by atoms with van der Waals surface area (Å²) in [5.41, 5.74) is 2.45. The molecular weight excluding hydrogens is 300 g/mol. The summed E-state index contributed by atoms with van der Waals surface area (Å²) in [6.45, 7) is 0. The Balaban J connectivity index is 2.45. The monoisotopic (exact) mass is 314 g/mol. The van der Waals surface area contributed by atoms with E-state index in [4.69, 9.17) is 16.9 Å². The zero-order valence-corrected chi connectivity index (χ0v) is 13.3. The number of nitriles is 1. The van der Waals surface area contributed by atoms with Gasteiger partial charge in [-0.1, -0.05) is 17.7 Å². The number of hydrogen-bond acceptors (Lipinski definition) is 4. The van der Waals surface area contributed by atoms with E-state index in [1.54, 1.807) is 51.6 Å². The summed E-state index contributed by atoms with van der Waals surface area (Å²) in [4.78, 5) is 17.7. The molecular formula is C16H15ClN4O. The van der Waals surface area contributed by atoms with E-state index >= 15 is 0 Å². The van der Waals surface area contributed by atoms with Gasteiger partial charge in [0.25, 0.3) is 5.91 Å². The van der Waals surface area contributed by atoms with Gasteiger partial charge >= 0.3 is 0 Å². The van der Waals surface area contributed by atoms with Crippen molar-refractivity contribution in [3.05, 3.63) is 46.6 Å². The maximum Gasteiger partial charge on any atom is 0.254 e. The highest BCUT2D eigenvalue weighted by molar-refractivity contribution is 6.34. The lowest BCUT2D eigenvalue weighted by atomic mass is 10.0. The largest absolute Gasteiger partial charge is 0.372 e. The Bertz CT molecular complexity index is 765. The summed E-state index contributed by atoms with van der Waals surface area (Å²) < 4.78 is 0. The third kappa shape index (κ3) is 3.02. The van der Waals surface area contributed by atoms with E-state index in [0.717, 1.165) is 11.1 Å². The molecule has 0 saturated heterocycles. The van der Waals surface area contributed by atoms with Crippen molar-refractivity contribution in [2.24, 2.45) is 0 Å². The van der Waals surface area contributed by atoms with Crippen LogP contribution in [0, 0.1) is 11.3 Å². The van der Waals surface area contributed by atoms with Gasteiger partial charge in [-0.05, 0) is 23.8 Å². The fourth-order valence-electron chi connectivity index (χ4n) is 2.02. The van der Waals surface area contributed by atoms with Crippen LogP contribution in [-0.4, -0.2) is 36.9 Å². The van der Waals surface area contributed by atoms with Crippen LogP contribution < -0.4 is 5.32 Å². The van der Waals surface area contributed by atoms with Crippen molar-refractivity contribution in [1.82, 2.24) is 9.88 Å². The molecule has 0 aliphatic rings. The standard InChI is InChI=1S/C16H15ClN4O/c1-19-15-11(8-18)6-12(9-20-15)10-4-5-13(14(17)7-10)16(22)21(2)3/h4-7,9H,1-3H3,(H,19,20). The Morgan fingerprint density at radius 1 is 1.32 bits per heavy atom. The maximum absolute atomic E-state index is 12.0. The molecule has 1 amide bonds. The van der Waals surface area contributed by atoms with Crippen LogP contribution in [0.15, 0.2) is 30.5 Å². The SMILES string of the molecule is CNc1ncc(-c2ccc(C(=O)N(C)C)c(Cl)c2)cc1C#N. The molecule has 1 N–H and O–H groups in total. The summed E-state index contributed by atoms with van der Waals surface area (Å²) in [5, 5.41) is 12.4. The predicted octanol–water partition coefficient (Wildman–Crippen LogP) is 3.02. The second kappa shape index (κ2) is 6.46. The number of hydrogen-bond donors (Lipinski definition) is 1. The third-order valence-corrected chi connectivity index (χ3v) is 3.50. The number of amides is 1. The maximum atomic E-state index is 12.0. The molecule has 1 aromatic heterocycles. The minimum atomic E-state index is -0.155. The molecule has 2 rings (SSSR count). The Labute approximate surface area is 134 Å². The summed E-state index contributed by atoms with van der Waals surface area (Å²) in [5.74, 6) is 0.370. The number of pyridine rings is 1. The van der Waals surface area contributed by atoms with Crippen LogP contribution in [-0.2, 0) is 0 Å². The molecule has 2 aromatic rings. The summed E-state index contributed by atoms with van der Waals surface area (Å²) in [7, 11) is 5.06. The highest BCUT2D eigenvalue weighted by Gasteiger charge is 2.14. The Morgan fingerprint density at radius 3 is 2.59 bits per heavy atom. The number of halogens is 1. The molecule has 6 heteroatoms. The molecule has 5 nitrogen and oxygen atoms in total. The molecule has 0 saturated carbocycles. The average Bonchev–Trinajstić information content (AvgIpc) is 2.53. The molecule has 22 heavy (non-hydrogen) atoms. The number of anilines is 1. The van der Waals surface area contributed by atoms with E-state index in [1.165, 1.54) is 4.90 Å². The van der Waals surface area contributed by atoms with Crippen LogP contribution in [0.1, 0.15) is 15.9 Å². The average molecular weight is 315 g/mol. The van der Waals surface area contributed by atoms with Crippen molar-refractivity contribution in [1.29, 1.82) is 5.26 Å². The van der Waals surface area contributed by atoms with Gasteiger partial charge in [0, 0.05) is 32.9 Å². The minimum Gasteiger partial charge on any atom is -0.372 e. The smallest absolute Gasteiger partial charge is 0.254 e. The highest BCUT2D eigenvalue weighted by Crippen LogP contribution is 2.27. The first-order valence-electron chi connectivity index (χ1n) is 6.57. The quantitative estimate of drug-likeness (QED) is 0.945. The first-order chi connectivity index (χ1) is 10.5. The van der Waals surface area contributed by atoms with Gasteiger partial charge in [0.15, 0.2) is 0 Å². The van der Waals surface area contributed by atoms with Crippen molar-refractivity contribution in [2.75, 3.05) is 26.5 Å². The van der Waals surface area contributed by atoms with Gasteiger partial charge in [0.2, 0.25) is 0 Å². The number of carbonyl (C=O) groups is 1. The van der Waals surface area contributed by atoms with Crippen LogP contribution >= 0.6 is 11.6 Å². The lowest BCUT2D eigenvalue weighted by Crippen LogP contribution is -2.21. The van der Waals surface area contributed by atoms with Crippen molar-refractivity contribution >= 4 is 23.3 Å². The molecule has 0 fully saturated rings. The molecule has 1 heterocycles. The normalized spacial score (nSPS) is 9.95. The molecule has 0 spiro atoms. The molecule has 0 bridgehead atoms. The van der Waals surface area contributed by atoms with E-state index in [9.17, 15) is 4.79 Å². The second-order valence-corrected chi connectivity index (χ2v) is 5.28. The van der Waals surface area contributed by atoms with Crippen LogP contribution in [0.5, 0.6) is 0 Å². The molecule has 1 aromatic carbocycles. The third-order valence-electron chi connectivity index (χ3n) is 3.18. The number of carbonyl (C=O) groups excluding carboxylic acids is 1. The van der Waals surface area contributed by atoms with E-state index in [2.05, 4.69) is 16.4 Å². The summed E-state index contributed by atoms with van der Waals surface area (Å²) >= 11 is 6.21. The molecule has 0 aliphatic heterocycles. The van der Waals surface area contributed by atoms with Crippen molar-refractivity contribution in [2.45, 2.75) is 0 Å². The van der Waals surface area contributed by atoms with E-state index in [0.29, 0.717) is 22.0 Å². The Kier molecular flexibility index (Phi) is 4.64.